The summed E-state index contributed by atoms with van der Waals surface area (Å²) in [6.07, 6.45) is 5.25. The van der Waals surface area contributed by atoms with E-state index in [1.54, 1.807) is 0 Å². The number of piperidine rings is 1. The van der Waals surface area contributed by atoms with Crippen molar-refractivity contribution in [1.29, 1.82) is 0 Å². The molecular formula is C20H25N3O2S. The molecule has 1 aliphatic heterocycles. The second kappa shape index (κ2) is 7.86. The van der Waals surface area contributed by atoms with Gasteiger partial charge in [-0.15, -0.1) is 11.3 Å². The number of likely N-dealkylation sites (tertiary alicyclic amines) is 1. The molecule has 3 heterocycles. The van der Waals surface area contributed by atoms with Crippen LogP contribution in [0, 0.1) is 5.92 Å². The van der Waals surface area contributed by atoms with Gasteiger partial charge >= 0.3 is 0 Å². The van der Waals surface area contributed by atoms with Crippen molar-refractivity contribution in [1.82, 2.24) is 15.2 Å². The predicted octanol–water partition coefficient (Wildman–Crippen LogP) is 2.85. The van der Waals surface area contributed by atoms with Crippen LogP contribution in [0.5, 0.6) is 0 Å². The number of amides is 1. The molecule has 1 aliphatic carbocycles. The molecule has 0 spiro atoms. The number of nitrogens with zero attached hydrogens (tertiary/aromatic N) is 2. The summed E-state index contributed by atoms with van der Waals surface area (Å²) in [4.78, 5) is 19.8. The van der Waals surface area contributed by atoms with E-state index in [1.165, 1.54) is 11.3 Å². The molecule has 2 aromatic heterocycles. The summed E-state index contributed by atoms with van der Waals surface area (Å²) in [6, 6.07) is 10.4. The van der Waals surface area contributed by atoms with Crippen LogP contribution in [0.15, 0.2) is 41.9 Å². The third-order valence-electron chi connectivity index (χ3n) is 5.56. The number of aliphatic hydroxyl groups excluding tert-OH is 1. The summed E-state index contributed by atoms with van der Waals surface area (Å²) in [7, 11) is 0. The highest BCUT2D eigenvalue weighted by Gasteiger charge is 2.37. The minimum absolute atomic E-state index is 0.154. The number of rotatable bonds is 5. The van der Waals surface area contributed by atoms with Gasteiger partial charge in [0.15, 0.2) is 0 Å². The zero-order valence-electron chi connectivity index (χ0n) is 14.8. The van der Waals surface area contributed by atoms with Gasteiger partial charge in [-0.25, -0.2) is 0 Å². The number of aromatic nitrogens is 1. The Bertz CT molecular complexity index is 708. The lowest BCUT2D eigenvalue weighted by atomic mass is 9.75. The summed E-state index contributed by atoms with van der Waals surface area (Å²) >= 11 is 1.51. The van der Waals surface area contributed by atoms with Gasteiger partial charge in [-0.2, -0.15) is 0 Å². The molecule has 1 unspecified atom stereocenters. The van der Waals surface area contributed by atoms with E-state index in [4.69, 9.17) is 0 Å². The van der Waals surface area contributed by atoms with E-state index >= 15 is 0 Å². The molecular weight excluding hydrogens is 346 g/mol. The van der Waals surface area contributed by atoms with Crippen molar-refractivity contribution in [2.24, 2.45) is 5.92 Å². The standard InChI is InChI=1S/C20H25N3O2S/c24-16-12-14(13-16)19(17-4-1-2-8-21-17)22-15-6-9-23(10-7-15)20(25)18-5-3-11-26-18/h1-5,8,11,14-16,19,22,24H,6-7,9-10,12-13H2. The summed E-state index contributed by atoms with van der Waals surface area (Å²) in [5.74, 6) is 0.590. The smallest absolute Gasteiger partial charge is 0.263 e. The molecule has 6 heteroatoms. The number of hydrogen-bond acceptors (Lipinski definition) is 5. The largest absolute Gasteiger partial charge is 0.393 e. The number of nitrogens with one attached hydrogen (secondary N) is 1. The number of thiophene rings is 1. The fourth-order valence-electron chi connectivity index (χ4n) is 3.98. The molecule has 2 fully saturated rings. The molecule has 2 N–H and O–H groups in total. The van der Waals surface area contributed by atoms with Gasteiger partial charge in [0, 0.05) is 25.3 Å². The van der Waals surface area contributed by atoms with Gasteiger partial charge in [-0.05, 0) is 55.2 Å². The highest BCUT2D eigenvalue weighted by atomic mass is 32.1. The highest BCUT2D eigenvalue weighted by Crippen LogP contribution is 2.38. The van der Waals surface area contributed by atoms with Crippen LogP contribution in [0.4, 0.5) is 0 Å². The van der Waals surface area contributed by atoms with Gasteiger partial charge < -0.3 is 15.3 Å². The van der Waals surface area contributed by atoms with Crippen LogP contribution in [-0.2, 0) is 0 Å². The van der Waals surface area contributed by atoms with Gasteiger partial charge in [-0.1, -0.05) is 12.1 Å². The highest BCUT2D eigenvalue weighted by molar-refractivity contribution is 7.12. The van der Waals surface area contributed by atoms with E-state index in [0.717, 1.165) is 49.3 Å². The van der Waals surface area contributed by atoms with Crippen LogP contribution >= 0.6 is 11.3 Å². The Morgan fingerprint density at radius 2 is 2.04 bits per heavy atom. The second-order valence-corrected chi connectivity index (χ2v) is 8.28. The van der Waals surface area contributed by atoms with Crippen molar-refractivity contribution in [3.8, 4) is 0 Å². The molecule has 0 aromatic carbocycles. The van der Waals surface area contributed by atoms with Gasteiger partial charge in [0.1, 0.15) is 0 Å². The molecule has 2 aliphatic rings. The molecule has 0 bridgehead atoms. The second-order valence-electron chi connectivity index (χ2n) is 7.33. The first kappa shape index (κ1) is 17.6. The van der Waals surface area contributed by atoms with E-state index in [2.05, 4.69) is 16.4 Å². The summed E-state index contributed by atoms with van der Waals surface area (Å²) in [6.45, 7) is 1.58. The maximum atomic E-state index is 12.5. The lowest BCUT2D eigenvalue weighted by Gasteiger charge is -2.41. The average molecular weight is 372 g/mol. The first-order valence-corrected chi connectivity index (χ1v) is 10.3. The zero-order valence-corrected chi connectivity index (χ0v) is 15.6. The molecule has 1 atom stereocenters. The summed E-state index contributed by atoms with van der Waals surface area (Å²) < 4.78 is 0. The van der Waals surface area contributed by atoms with Gasteiger partial charge in [0.2, 0.25) is 0 Å². The first-order chi connectivity index (χ1) is 12.7. The van der Waals surface area contributed by atoms with Crippen LogP contribution in [0.1, 0.15) is 47.1 Å². The summed E-state index contributed by atoms with van der Waals surface area (Å²) in [5.41, 5.74) is 1.06. The van der Waals surface area contributed by atoms with E-state index in [0.29, 0.717) is 12.0 Å². The Labute approximate surface area is 158 Å². The topological polar surface area (TPSA) is 65.5 Å². The molecule has 1 saturated carbocycles. The Hall–Kier alpha value is -1.76. The van der Waals surface area contributed by atoms with Gasteiger partial charge in [0.05, 0.1) is 22.7 Å². The lowest BCUT2D eigenvalue weighted by molar-refractivity contribution is 0.0188. The fraction of sp³-hybridized carbons (Fsp3) is 0.500. The maximum Gasteiger partial charge on any atom is 0.263 e. The summed E-state index contributed by atoms with van der Waals surface area (Å²) in [5, 5.41) is 15.4. The molecule has 0 radical (unpaired) electrons. The molecule has 138 valence electrons. The maximum absolute atomic E-state index is 12.5. The predicted molar refractivity (Wildman–Crippen MR) is 102 cm³/mol. The average Bonchev–Trinajstić information content (AvgIpc) is 3.19. The number of pyridine rings is 1. The van der Waals surface area contributed by atoms with Crippen molar-refractivity contribution in [3.05, 3.63) is 52.5 Å². The lowest BCUT2D eigenvalue weighted by Crippen LogP contribution is -2.48. The minimum Gasteiger partial charge on any atom is -0.393 e. The minimum atomic E-state index is -0.168. The molecule has 1 amide bonds. The van der Waals surface area contributed by atoms with Crippen molar-refractivity contribution in [3.63, 3.8) is 0 Å². The molecule has 1 saturated heterocycles. The molecule has 5 nitrogen and oxygen atoms in total. The van der Waals surface area contributed by atoms with E-state index in [-0.39, 0.29) is 18.1 Å². The fourth-order valence-corrected chi connectivity index (χ4v) is 4.68. The van der Waals surface area contributed by atoms with Crippen LogP contribution in [0.2, 0.25) is 0 Å². The third-order valence-corrected chi connectivity index (χ3v) is 6.41. The molecule has 26 heavy (non-hydrogen) atoms. The Morgan fingerprint density at radius 1 is 1.23 bits per heavy atom. The number of carbonyl (C=O) groups is 1. The van der Waals surface area contributed by atoms with E-state index in [9.17, 15) is 9.90 Å². The van der Waals surface area contributed by atoms with Crippen LogP contribution < -0.4 is 5.32 Å². The van der Waals surface area contributed by atoms with Crippen LogP contribution in [0.25, 0.3) is 0 Å². The third kappa shape index (κ3) is 3.82. The Kier molecular flexibility index (Phi) is 5.33. The van der Waals surface area contributed by atoms with Crippen molar-refractivity contribution in [2.75, 3.05) is 13.1 Å². The van der Waals surface area contributed by atoms with Crippen LogP contribution in [0.3, 0.4) is 0 Å². The first-order valence-electron chi connectivity index (χ1n) is 9.38. The van der Waals surface area contributed by atoms with Crippen molar-refractivity contribution >= 4 is 17.2 Å². The molecule has 2 aromatic rings. The SMILES string of the molecule is O=C(c1cccs1)N1CCC(NC(c2ccccn2)C2CC(O)C2)CC1. The quantitative estimate of drug-likeness (QED) is 0.848. The van der Waals surface area contributed by atoms with Crippen molar-refractivity contribution < 1.29 is 9.90 Å². The van der Waals surface area contributed by atoms with Crippen molar-refractivity contribution in [2.45, 2.75) is 43.9 Å². The Balaban J connectivity index is 1.36. The monoisotopic (exact) mass is 371 g/mol. The molecule has 4 rings (SSSR count). The normalized spacial score (nSPS) is 24.9. The number of carbonyl (C=O) groups excluding carboxylic acids is 1. The number of aliphatic hydroxyl groups is 1. The van der Waals surface area contributed by atoms with Gasteiger partial charge in [-0.3, -0.25) is 9.78 Å². The zero-order chi connectivity index (χ0) is 17.9. The number of hydrogen-bond donors (Lipinski definition) is 2. The Morgan fingerprint density at radius 3 is 2.65 bits per heavy atom. The van der Waals surface area contributed by atoms with E-state index in [1.807, 2.05) is 40.7 Å². The van der Waals surface area contributed by atoms with Crippen LogP contribution in [-0.4, -0.2) is 46.1 Å². The van der Waals surface area contributed by atoms with E-state index < -0.39 is 0 Å². The van der Waals surface area contributed by atoms with Gasteiger partial charge in [0.25, 0.3) is 5.91 Å².